The summed E-state index contributed by atoms with van der Waals surface area (Å²) in [6, 6.07) is 0. The fourth-order valence-corrected chi connectivity index (χ4v) is 0.529. The molecule has 11 heavy (non-hydrogen) atoms. The van der Waals surface area contributed by atoms with Gasteiger partial charge in [0.15, 0.2) is 0 Å². The number of hydrogen-bond acceptors (Lipinski definition) is 4. The number of hydrogen-bond donors (Lipinski definition) is 0. The van der Waals surface area contributed by atoms with Gasteiger partial charge in [0, 0.05) is 17.8 Å². The van der Waals surface area contributed by atoms with Crippen molar-refractivity contribution in [3.05, 3.63) is 10.1 Å². The predicted octanol–water partition coefficient (Wildman–Crippen LogP) is 0.259. The van der Waals surface area contributed by atoms with Crippen LogP contribution >= 0.6 is 0 Å². The van der Waals surface area contributed by atoms with Gasteiger partial charge < -0.3 is 9.53 Å². The average Bonchev–Trinajstić information content (AvgIpc) is 1.96. The maximum absolute atomic E-state index is 9.78. The van der Waals surface area contributed by atoms with E-state index < -0.39 is 0 Å². The molecule has 0 atom stereocenters. The SMILES string of the molecule is O=CCCOCCC[N+](=O)[O-]. The number of rotatable bonds is 7. The lowest BCUT2D eigenvalue weighted by atomic mass is 10.4. The van der Waals surface area contributed by atoms with E-state index in [0.717, 1.165) is 6.29 Å². The van der Waals surface area contributed by atoms with Crippen LogP contribution in [-0.2, 0) is 9.53 Å². The van der Waals surface area contributed by atoms with Gasteiger partial charge in [-0.05, 0) is 0 Å². The van der Waals surface area contributed by atoms with Gasteiger partial charge in [0.1, 0.15) is 6.29 Å². The Morgan fingerprint density at radius 2 is 2.18 bits per heavy atom. The topological polar surface area (TPSA) is 69.4 Å². The van der Waals surface area contributed by atoms with E-state index in [1.807, 2.05) is 0 Å². The Labute approximate surface area is 64.5 Å². The predicted molar refractivity (Wildman–Crippen MR) is 38.0 cm³/mol. The second kappa shape index (κ2) is 7.14. The molecule has 5 nitrogen and oxygen atoms in total. The minimum absolute atomic E-state index is 0.0684. The van der Waals surface area contributed by atoms with E-state index in [9.17, 15) is 14.9 Å². The molecule has 0 radical (unpaired) electrons. The molecule has 0 aliphatic carbocycles. The highest BCUT2D eigenvalue weighted by Gasteiger charge is 1.95. The van der Waals surface area contributed by atoms with E-state index in [4.69, 9.17) is 4.74 Å². The minimum atomic E-state index is -0.386. The molecular weight excluding hydrogens is 150 g/mol. The first-order chi connectivity index (χ1) is 5.27. The molecule has 0 aliphatic heterocycles. The molecule has 0 saturated carbocycles. The van der Waals surface area contributed by atoms with Crippen LogP contribution in [0.2, 0.25) is 0 Å². The molecule has 0 bridgehead atoms. The molecule has 0 rings (SSSR count). The molecule has 0 aromatic rings. The molecule has 5 heteroatoms. The Balaban J connectivity index is 2.90. The normalized spacial score (nSPS) is 9.45. The first kappa shape index (κ1) is 10.0. The van der Waals surface area contributed by atoms with Crippen LogP contribution in [0, 0.1) is 10.1 Å². The molecule has 0 heterocycles. The Morgan fingerprint density at radius 3 is 2.73 bits per heavy atom. The molecule has 0 aliphatic rings. The van der Waals surface area contributed by atoms with E-state index in [0.29, 0.717) is 26.1 Å². The number of nitrogens with zero attached hydrogens (tertiary/aromatic N) is 1. The Hall–Kier alpha value is -0.970. The summed E-state index contributed by atoms with van der Waals surface area (Å²) in [6.07, 6.45) is 1.53. The van der Waals surface area contributed by atoms with Crippen molar-refractivity contribution in [1.82, 2.24) is 0 Å². The van der Waals surface area contributed by atoms with Gasteiger partial charge in [-0.1, -0.05) is 0 Å². The number of ether oxygens (including phenoxy) is 1. The smallest absolute Gasteiger partial charge is 0.206 e. The lowest BCUT2D eigenvalue weighted by Gasteiger charge is -1.97. The van der Waals surface area contributed by atoms with Crippen molar-refractivity contribution in [3.63, 3.8) is 0 Å². The van der Waals surface area contributed by atoms with Crippen LogP contribution in [0.15, 0.2) is 0 Å². The minimum Gasteiger partial charge on any atom is -0.381 e. The second-order valence-electron chi connectivity index (χ2n) is 1.98. The Kier molecular flexibility index (Phi) is 6.51. The third kappa shape index (κ3) is 9.03. The third-order valence-corrected chi connectivity index (χ3v) is 1.01. The van der Waals surface area contributed by atoms with Crippen molar-refractivity contribution in [3.8, 4) is 0 Å². The highest BCUT2D eigenvalue weighted by Crippen LogP contribution is 1.84. The van der Waals surface area contributed by atoms with Crippen LogP contribution in [0.5, 0.6) is 0 Å². The standard InChI is InChI=1S/C6H11NO4/c8-4-2-6-11-5-1-3-7(9)10/h4H,1-3,5-6H2. The summed E-state index contributed by atoms with van der Waals surface area (Å²) < 4.78 is 4.89. The Bertz CT molecular complexity index is 126. The molecule has 0 amide bonds. The molecule has 0 fully saturated rings. The van der Waals surface area contributed by atoms with E-state index in [2.05, 4.69) is 0 Å². The maximum atomic E-state index is 9.78. The van der Waals surface area contributed by atoms with Crippen LogP contribution in [0.25, 0.3) is 0 Å². The molecular formula is C6H11NO4. The fraction of sp³-hybridized carbons (Fsp3) is 0.833. The zero-order valence-corrected chi connectivity index (χ0v) is 6.19. The molecule has 64 valence electrons. The van der Waals surface area contributed by atoms with Gasteiger partial charge in [0.05, 0.1) is 13.2 Å². The van der Waals surface area contributed by atoms with Gasteiger partial charge in [-0.15, -0.1) is 0 Å². The summed E-state index contributed by atoms with van der Waals surface area (Å²) in [5.74, 6) is 0. The number of carbonyl (C=O) groups excluding carboxylic acids is 1. The monoisotopic (exact) mass is 161 g/mol. The highest BCUT2D eigenvalue weighted by atomic mass is 16.6. The van der Waals surface area contributed by atoms with Gasteiger partial charge in [-0.2, -0.15) is 0 Å². The van der Waals surface area contributed by atoms with Crippen molar-refractivity contribution < 1.29 is 14.5 Å². The largest absolute Gasteiger partial charge is 0.381 e. The van der Waals surface area contributed by atoms with Crippen molar-refractivity contribution in [1.29, 1.82) is 0 Å². The van der Waals surface area contributed by atoms with Gasteiger partial charge >= 0.3 is 0 Å². The summed E-state index contributed by atoms with van der Waals surface area (Å²) in [6.45, 7) is 0.650. The van der Waals surface area contributed by atoms with Gasteiger partial charge in [-0.25, -0.2) is 0 Å². The molecule has 0 spiro atoms. The lowest BCUT2D eigenvalue weighted by Crippen LogP contribution is -2.05. The molecule has 0 aromatic carbocycles. The fourth-order valence-electron chi connectivity index (χ4n) is 0.529. The highest BCUT2D eigenvalue weighted by molar-refractivity contribution is 5.49. The molecule has 0 aromatic heterocycles. The zero-order chi connectivity index (χ0) is 8.53. The van der Waals surface area contributed by atoms with Crippen molar-refractivity contribution in [2.45, 2.75) is 12.8 Å². The van der Waals surface area contributed by atoms with Crippen LogP contribution in [0.4, 0.5) is 0 Å². The lowest BCUT2D eigenvalue weighted by molar-refractivity contribution is -0.480. The number of nitro groups is 1. The first-order valence-corrected chi connectivity index (χ1v) is 3.40. The molecule has 0 saturated heterocycles. The van der Waals surface area contributed by atoms with Crippen molar-refractivity contribution >= 4 is 6.29 Å². The summed E-state index contributed by atoms with van der Waals surface area (Å²) in [5.41, 5.74) is 0. The van der Waals surface area contributed by atoms with Crippen molar-refractivity contribution in [2.75, 3.05) is 19.8 Å². The summed E-state index contributed by atoms with van der Waals surface area (Å²) >= 11 is 0. The first-order valence-electron chi connectivity index (χ1n) is 3.40. The van der Waals surface area contributed by atoms with Crippen molar-refractivity contribution in [2.24, 2.45) is 0 Å². The second-order valence-corrected chi connectivity index (χ2v) is 1.98. The van der Waals surface area contributed by atoms with Gasteiger partial charge in [-0.3, -0.25) is 10.1 Å². The Morgan fingerprint density at radius 1 is 1.45 bits per heavy atom. The third-order valence-electron chi connectivity index (χ3n) is 1.01. The van der Waals surface area contributed by atoms with Crippen LogP contribution in [0.1, 0.15) is 12.8 Å². The van der Waals surface area contributed by atoms with E-state index in [-0.39, 0.29) is 11.5 Å². The van der Waals surface area contributed by atoms with E-state index in [1.165, 1.54) is 0 Å². The molecule has 0 unspecified atom stereocenters. The zero-order valence-electron chi connectivity index (χ0n) is 6.19. The van der Waals surface area contributed by atoms with Crippen LogP contribution in [0.3, 0.4) is 0 Å². The van der Waals surface area contributed by atoms with E-state index >= 15 is 0 Å². The van der Waals surface area contributed by atoms with Gasteiger partial charge in [0.2, 0.25) is 6.54 Å². The summed E-state index contributed by atoms with van der Waals surface area (Å²) in [7, 11) is 0. The van der Waals surface area contributed by atoms with Crippen LogP contribution in [-0.4, -0.2) is 31.0 Å². The quantitative estimate of drug-likeness (QED) is 0.232. The molecule has 0 N–H and O–H groups in total. The maximum Gasteiger partial charge on any atom is 0.206 e. The number of carbonyl (C=O) groups is 1. The average molecular weight is 161 g/mol. The summed E-state index contributed by atoms with van der Waals surface area (Å²) in [4.78, 5) is 19.2. The van der Waals surface area contributed by atoms with E-state index in [1.54, 1.807) is 0 Å². The summed E-state index contributed by atoms with van der Waals surface area (Å²) in [5, 5.41) is 9.78. The van der Waals surface area contributed by atoms with Crippen LogP contribution < -0.4 is 0 Å². The number of aldehydes is 1. The van der Waals surface area contributed by atoms with Gasteiger partial charge in [0.25, 0.3) is 0 Å².